The average Bonchev–Trinajstić information content (AvgIpc) is 3.04. The third kappa shape index (κ3) is 7.04. The summed E-state index contributed by atoms with van der Waals surface area (Å²) in [6.07, 6.45) is 1.11. The molecular formula is C33H35N5O4. The Hall–Kier alpha value is -4.92. The van der Waals surface area contributed by atoms with Crippen LogP contribution in [0.15, 0.2) is 84.9 Å². The summed E-state index contributed by atoms with van der Waals surface area (Å²) in [5.74, 6) is 2.05. The van der Waals surface area contributed by atoms with E-state index in [0.717, 1.165) is 22.4 Å². The maximum atomic E-state index is 13.1. The smallest absolute Gasteiger partial charge is 0.276 e. The van der Waals surface area contributed by atoms with E-state index < -0.39 is 0 Å². The molecule has 1 aliphatic rings. The largest absolute Gasteiger partial charge is 0.497 e. The summed E-state index contributed by atoms with van der Waals surface area (Å²) in [4.78, 5) is 29.7. The molecule has 5 rings (SSSR count). The first kappa shape index (κ1) is 28.6. The minimum Gasteiger partial charge on any atom is -0.497 e. The molecule has 0 saturated carbocycles. The minimum atomic E-state index is -0.335. The Morgan fingerprint density at radius 3 is 2.36 bits per heavy atom. The molecule has 216 valence electrons. The molecule has 1 N–H and O–H groups in total. The van der Waals surface area contributed by atoms with Crippen molar-refractivity contribution in [3.8, 4) is 22.6 Å². The van der Waals surface area contributed by atoms with Crippen LogP contribution in [-0.2, 0) is 11.2 Å². The number of amides is 2. The number of hydrogen-bond donors (Lipinski definition) is 1. The molecule has 1 saturated heterocycles. The van der Waals surface area contributed by atoms with Crippen LogP contribution in [0, 0.1) is 0 Å². The zero-order valence-electron chi connectivity index (χ0n) is 24.0. The van der Waals surface area contributed by atoms with E-state index in [4.69, 9.17) is 9.47 Å². The molecule has 1 fully saturated rings. The van der Waals surface area contributed by atoms with Gasteiger partial charge in [-0.1, -0.05) is 36.4 Å². The van der Waals surface area contributed by atoms with Crippen LogP contribution in [0.4, 0.5) is 11.5 Å². The molecule has 9 heteroatoms. The van der Waals surface area contributed by atoms with Gasteiger partial charge in [-0.15, -0.1) is 10.2 Å². The Bertz CT molecular complexity index is 1500. The monoisotopic (exact) mass is 565 g/mol. The topological polar surface area (TPSA) is 96.9 Å². The number of carbonyl (C=O) groups excluding carboxylic acids is 2. The van der Waals surface area contributed by atoms with Crippen LogP contribution in [0.2, 0.25) is 0 Å². The number of benzene rings is 3. The zero-order chi connectivity index (χ0) is 29.3. The summed E-state index contributed by atoms with van der Waals surface area (Å²) in [6, 6.07) is 26.8. The lowest BCUT2D eigenvalue weighted by atomic mass is 9.96. The van der Waals surface area contributed by atoms with Gasteiger partial charge in [0.1, 0.15) is 11.5 Å². The fourth-order valence-electron chi connectivity index (χ4n) is 5.01. The number of rotatable bonds is 10. The van der Waals surface area contributed by atoms with E-state index in [1.54, 1.807) is 43.5 Å². The van der Waals surface area contributed by atoms with E-state index in [1.807, 2.05) is 42.2 Å². The average molecular weight is 566 g/mol. The van der Waals surface area contributed by atoms with Gasteiger partial charge in [0, 0.05) is 38.3 Å². The first-order valence-electron chi connectivity index (χ1n) is 14.2. The second-order valence-electron chi connectivity index (χ2n) is 9.95. The number of carbonyl (C=O) groups is 2. The Morgan fingerprint density at radius 2 is 1.64 bits per heavy atom. The van der Waals surface area contributed by atoms with Crippen molar-refractivity contribution in [1.82, 2.24) is 15.1 Å². The quantitative estimate of drug-likeness (QED) is 0.286. The van der Waals surface area contributed by atoms with Crippen LogP contribution in [0.5, 0.6) is 11.5 Å². The predicted octanol–water partition coefficient (Wildman–Crippen LogP) is 5.08. The number of hydrogen-bond acceptors (Lipinski definition) is 7. The molecule has 2 heterocycles. The molecule has 2 amide bonds. The number of anilines is 2. The van der Waals surface area contributed by atoms with Crippen molar-refractivity contribution in [3.05, 3.63) is 96.2 Å². The fraction of sp³-hybridized carbons (Fsp3) is 0.273. The molecule has 0 spiro atoms. The molecule has 0 aliphatic carbocycles. The number of methoxy groups -OCH3 is 1. The molecule has 0 bridgehead atoms. The van der Waals surface area contributed by atoms with Crippen LogP contribution in [-0.4, -0.2) is 66.8 Å². The minimum absolute atomic E-state index is 0.143. The lowest BCUT2D eigenvalue weighted by Crippen LogP contribution is -2.49. The van der Waals surface area contributed by atoms with Crippen LogP contribution >= 0.6 is 0 Å². The molecule has 9 nitrogen and oxygen atoms in total. The van der Waals surface area contributed by atoms with Crippen molar-refractivity contribution in [2.45, 2.75) is 19.8 Å². The van der Waals surface area contributed by atoms with Gasteiger partial charge in [-0.05, 0) is 78.6 Å². The number of aromatic nitrogens is 2. The van der Waals surface area contributed by atoms with Crippen LogP contribution < -0.4 is 19.7 Å². The van der Waals surface area contributed by atoms with Crippen molar-refractivity contribution >= 4 is 23.3 Å². The van der Waals surface area contributed by atoms with Crippen molar-refractivity contribution < 1.29 is 19.1 Å². The normalized spacial score (nSPS) is 13.0. The standard InChI is InChI=1S/C33H35N5O4/c1-3-42-28-9-6-8-25(23-28)29-10-5-4-7-24(29)11-18-32(39)38-21-19-37(20-22-38)31-17-16-30(35-36-31)33(40)34-26-12-14-27(41-2)15-13-26/h4-10,12-17,23H,3,11,18-22H2,1-2H3,(H,34,40). The van der Waals surface area contributed by atoms with Crippen molar-refractivity contribution in [3.63, 3.8) is 0 Å². The molecule has 42 heavy (non-hydrogen) atoms. The highest BCUT2D eigenvalue weighted by molar-refractivity contribution is 6.02. The Labute approximate surface area is 246 Å². The molecule has 0 atom stereocenters. The molecule has 0 radical (unpaired) electrons. The zero-order valence-corrected chi connectivity index (χ0v) is 24.0. The highest BCUT2D eigenvalue weighted by atomic mass is 16.5. The summed E-state index contributed by atoms with van der Waals surface area (Å²) >= 11 is 0. The van der Waals surface area contributed by atoms with Crippen LogP contribution in [0.3, 0.4) is 0 Å². The van der Waals surface area contributed by atoms with E-state index in [9.17, 15) is 9.59 Å². The van der Waals surface area contributed by atoms with Crippen molar-refractivity contribution in [1.29, 1.82) is 0 Å². The maximum absolute atomic E-state index is 13.1. The lowest BCUT2D eigenvalue weighted by Gasteiger charge is -2.35. The number of ether oxygens (including phenoxy) is 2. The second kappa shape index (κ2) is 13.6. The Morgan fingerprint density at radius 1 is 0.857 bits per heavy atom. The third-order valence-corrected chi connectivity index (χ3v) is 7.27. The molecule has 1 aliphatic heterocycles. The van der Waals surface area contributed by atoms with Crippen LogP contribution in [0.1, 0.15) is 29.4 Å². The van der Waals surface area contributed by atoms with E-state index in [2.05, 4.69) is 38.6 Å². The number of aryl methyl sites for hydroxylation is 1. The maximum Gasteiger partial charge on any atom is 0.276 e. The lowest BCUT2D eigenvalue weighted by molar-refractivity contribution is -0.131. The number of nitrogens with one attached hydrogen (secondary N) is 1. The Balaban J connectivity index is 1.12. The first-order valence-corrected chi connectivity index (χ1v) is 14.2. The van der Waals surface area contributed by atoms with Gasteiger partial charge in [-0.3, -0.25) is 9.59 Å². The number of piperazine rings is 1. The number of nitrogens with zero attached hydrogens (tertiary/aromatic N) is 4. The SMILES string of the molecule is CCOc1cccc(-c2ccccc2CCC(=O)N2CCN(c3ccc(C(=O)Nc4ccc(OC)cc4)nn3)CC2)c1. The van der Waals surface area contributed by atoms with Gasteiger partial charge in [0.15, 0.2) is 11.5 Å². The second-order valence-corrected chi connectivity index (χ2v) is 9.95. The fourth-order valence-corrected chi connectivity index (χ4v) is 5.01. The summed E-state index contributed by atoms with van der Waals surface area (Å²) in [7, 11) is 1.59. The summed E-state index contributed by atoms with van der Waals surface area (Å²) in [5.41, 5.74) is 4.23. The van der Waals surface area contributed by atoms with E-state index in [-0.39, 0.29) is 17.5 Å². The van der Waals surface area contributed by atoms with Gasteiger partial charge in [-0.2, -0.15) is 0 Å². The van der Waals surface area contributed by atoms with Crippen molar-refractivity contribution in [2.75, 3.05) is 50.1 Å². The van der Waals surface area contributed by atoms with Gasteiger partial charge in [0.05, 0.1) is 13.7 Å². The van der Waals surface area contributed by atoms with E-state index in [0.29, 0.717) is 62.9 Å². The highest BCUT2D eigenvalue weighted by Crippen LogP contribution is 2.28. The van der Waals surface area contributed by atoms with Gasteiger partial charge in [-0.25, -0.2) is 0 Å². The van der Waals surface area contributed by atoms with Gasteiger partial charge < -0.3 is 24.6 Å². The summed E-state index contributed by atoms with van der Waals surface area (Å²) in [5, 5.41) is 11.2. The van der Waals surface area contributed by atoms with Crippen LogP contribution in [0.25, 0.3) is 11.1 Å². The van der Waals surface area contributed by atoms with E-state index >= 15 is 0 Å². The first-order chi connectivity index (χ1) is 20.5. The highest BCUT2D eigenvalue weighted by Gasteiger charge is 2.23. The van der Waals surface area contributed by atoms with Gasteiger partial charge in [0.25, 0.3) is 5.91 Å². The predicted molar refractivity (Wildman–Crippen MR) is 163 cm³/mol. The van der Waals surface area contributed by atoms with Gasteiger partial charge >= 0.3 is 0 Å². The molecule has 4 aromatic rings. The molecule has 3 aromatic carbocycles. The van der Waals surface area contributed by atoms with Gasteiger partial charge in [0.2, 0.25) is 5.91 Å². The molecular weight excluding hydrogens is 530 g/mol. The molecule has 0 unspecified atom stereocenters. The van der Waals surface area contributed by atoms with E-state index in [1.165, 1.54) is 0 Å². The third-order valence-electron chi connectivity index (χ3n) is 7.27. The summed E-state index contributed by atoms with van der Waals surface area (Å²) in [6.45, 7) is 5.11. The molecule has 1 aromatic heterocycles. The van der Waals surface area contributed by atoms with Crippen molar-refractivity contribution in [2.24, 2.45) is 0 Å². The Kier molecular flexibility index (Phi) is 9.28. The summed E-state index contributed by atoms with van der Waals surface area (Å²) < 4.78 is 10.8.